The van der Waals surface area contributed by atoms with Gasteiger partial charge in [-0.05, 0) is 19.8 Å². The molecule has 1 aromatic rings. The van der Waals surface area contributed by atoms with Gasteiger partial charge >= 0.3 is 0 Å². The molecule has 1 saturated heterocycles. The Balaban J connectivity index is 2.12. The molecule has 1 aromatic heterocycles. The van der Waals surface area contributed by atoms with Gasteiger partial charge < -0.3 is 4.52 Å². The predicted molar refractivity (Wildman–Crippen MR) is 71.4 cm³/mol. The van der Waals surface area contributed by atoms with Gasteiger partial charge in [-0.3, -0.25) is 0 Å². The van der Waals surface area contributed by atoms with E-state index in [1.165, 1.54) is 0 Å². The lowest BCUT2D eigenvalue weighted by molar-refractivity contribution is 0.265. The number of rotatable bonds is 4. The van der Waals surface area contributed by atoms with Crippen molar-refractivity contribution >= 4 is 10.0 Å². The molecule has 0 amide bonds. The molecule has 1 aliphatic heterocycles. The van der Waals surface area contributed by atoms with Crippen LogP contribution in [-0.4, -0.2) is 41.7 Å². The topological polar surface area (TPSA) is 76.3 Å². The van der Waals surface area contributed by atoms with Crippen LogP contribution in [0.25, 0.3) is 0 Å². The van der Waals surface area contributed by atoms with Gasteiger partial charge in [0.15, 0.2) is 5.82 Å². The fraction of sp³-hybridized carbons (Fsp3) is 0.833. The molecule has 0 saturated carbocycles. The first-order valence-electron chi connectivity index (χ1n) is 6.75. The Morgan fingerprint density at radius 3 is 2.79 bits per heavy atom. The van der Waals surface area contributed by atoms with E-state index in [0.29, 0.717) is 24.8 Å². The highest BCUT2D eigenvalue weighted by Crippen LogP contribution is 2.28. The lowest BCUT2D eigenvalue weighted by Crippen LogP contribution is -2.39. The van der Waals surface area contributed by atoms with E-state index in [4.69, 9.17) is 4.52 Å². The fourth-order valence-corrected chi connectivity index (χ4v) is 3.41. The average Bonchev–Trinajstić information content (AvgIpc) is 2.89. The van der Waals surface area contributed by atoms with Crippen LogP contribution in [0.5, 0.6) is 0 Å². The van der Waals surface area contributed by atoms with E-state index in [1.54, 1.807) is 11.2 Å². The van der Waals surface area contributed by atoms with Crippen LogP contribution in [0.15, 0.2) is 4.52 Å². The predicted octanol–water partition coefficient (Wildman–Crippen LogP) is 1.72. The molecule has 2 heterocycles. The third-order valence-electron chi connectivity index (χ3n) is 3.47. The minimum absolute atomic E-state index is 0.0232. The first kappa shape index (κ1) is 14.5. The van der Waals surface area contributed by atoms with Gasteiger partial charge in [0.2, 0.25) is 15.9 Å². The zero-order valence-electron chi connectivity index (χ0n) is 11.7. The van der Waals surface area contributed by atoms with Crippen molar-refractivity contribution in [1.29, 1.82) is 0 Å². The Bertz CT molecular complexity index is 524. The van der Waals surface area contributed by atoms with Gasteiger partial charge in [-0.1, -0.05) is 19.0 Å². The maximum Gasteiger partial charge on any atom is 0.231 e. The third-order valence-corrected chi connectivity index (χ3v) is 5.31. The molecule has 0 unspecified atom stereocenters. The average molecular weight is 287 g/mol. The Kier molecular flexibility index (Phi) is 4.25. The van der Waals surface area contributed by atoms with E-state index in [0.717, 1.165) is 12.8 Å². The maximum absolute atomic E-state index is 11.9. The molecule has 0 N–H and O–H groups in total. The Hall–Kier alpha value is -0.950. The van der Waals surface area contributed by atoms with Gasteiger partial charge in [-0.2, -0.15) is 4.98 Å². The van der Waals surface area contributed by atoms with Gasteiger partial charge in [0.1, 0.15) is 0 Å². The molecular formula is C12H21N3O3S. The Labute approximate surface area is 114 Å². The summed E-state index contributed by atoms with van der Waals surface area (Å²) in [5, 5.41) is 3.94. The molecule has 1 fully saturated rings. The maximum atomic E-state index is 11.9. The summed E-state index contributed by atoms with van der Waals surface area (Å²) in [6.07, 6.45) is 1.73. The van der Waals surface area contributed by atoms with Crippen LogP contribution in [0.3, 0.4) is 0 Å². The summed E-state index contributed by atoms with van der Waals surface area (Å²) in [6.45, 7) is 6.73. The molecule has 0 aromatic carbocycles. The molecule has 0 radical (unpaired) electrons. The van der Waals surface area contributed by atoms with Crippen LogP contribution in [0.1, 0.15) is 57.2 Å². The SMILES string of the molecule is CCS(=O)(=O)N1CCC[C@@H](c2nc(C(C)C)no2)C1. The van der Waals surface area contributed by atoms with E-state index >= 15 is 0 Å². The zero-order chi connectivity index (χ0) is 14.0. The molecule has 2 rings (SSSR count). The lowest BCUT2D eigenvalue weighted by Gasteiger charge is -2.29. The van der Waals surface area contributed by atoms with E-state index in [2.05, 4.69) is 10.1 Å². The highest BCUT2D eigenvalue weighted by atomic mass is 32.2. The van der Waals surface area contributed by atoms with Gasteiger partial charge in [-0.15, -0.1) is 0 Å². The van der Waals surface area contributed by atoms with Crippen molar-refractivity contribution in [3.05, 3.63) is 11.7 Å². The van der Waals surface area contributed by atoms with Crippen molar-refractivity contribution in [3.63, 3.8) is 0 Å². The number of nitrogens with zero attached hydrogens (tertiary/aromatic N) is 3. The minimum atomic E-state index is -3.13. The molecule has 6 nitrogen and oxygen atoms in total. The minimum Gasteiger partial charge on any atom is -0.339 e. The zero-order valence-corrected chi connectivity index (χ0v) is 12.5. The van der Waals surface area contributed by atoms with E-state index in [9.17, 15) is 8.42 Å². The molecular weight excluding hydrogens is 266 g/mol. The van der Waals surface area contributed by atoms with Crippen molar-refractivity contribution in [2.24, 2.45) is 0 Å². The van der Waals surface area contributed by atoms with Crippen molar-refractivity contribution < 1.29 is 12.9 Å². The van der Waals surface area contributed by atoms with E-state index in [1.807, 2.05) is 13.8 Å². The quantitative estimate of drug-likeness (QED) is 0.842. The Morgan fingerprint density at radius 1 is 1.47 bits per heavy atom. The molecule has 19 heavy (non-hydrogen) atoms. The Morgan fingerprint density at radius 2 is 2.21 bits per heavy atom. The summed E-state index contributed by atoms with van der Waals surface area (Å²) in [7, 11) is -3.13. The molecule has 1 atom stereocenters. The summed E-state index contributed by atoms with van der Waals surface area (Å²) in [5.41, 5.74) is 0. The first-order valence-corrected chi connectivity index (χ1v) is 8.36. The number of piperidine rings is 1. The number of aromatic nitrogens is 2. The highest BCUT2D eigenvalue weighted by molar-refractivity contribution is 7.89. The molecule has 0 aliphatic carbocycles. The lowest BCUT2D eigenvalue weighted by atomic mass is 10.00. The van der Waals surface area contributed by atoms with E-state index < -0.39 is 10.0 Å². The van der Waals surface area contributed by atoms with Crippen molar-refractivity contribution in [2.45, 2.75) is 45.4 Å². The third kappa shape index (κ3) is 3.14. The highest BCUT2D eigenvalue weighted by Gasteiger charge is 2.31. The molecule has 1 aliphatic rings. The van der Waals surface area contributed by atoms with Crippen LogP contribution in [0, 0.1) is 0 Å². The first-order chi connectivity index (χ1) is 8.94. The largest absolute Gasteiger partial charge is 0.339 e. The standard InChI is InChI=1S/C12H21N3O3S/c1-4-19(16,17)15-7-5-6-10(8-15)12-13-11(9(2)3)14-18-12/h9-10H,4-8H2,1-3H3/t10-/m1/s1. The normalized spacial score (nSPS) is 22.0. The summed E-state index contributed by atoms with van der Waals surface area (Å²) in [6, 6.07) is 0. The monoisotopic (exact) mass is 287 g/mol. The second kappa shape index (κ2) is 5.58. The second-order valence-electron chi connectivity index (χ2n) is 5.24. The molecule has 7 heteroatoms. The van der Waals surface area contributed by atoms with Crippen LogP contribution in [0.2, 0.25) is 0 Å². The van der Waals surface area contributed by atoms with Crippen LogP contribution < -0.4 is 0 Å². The summed E-state index contributed by atoms with van der Waals surface area (Å²) in [5.74, 6) is 1.64. The van der Waals surface area contributed by atoms with Gasteiger partial charge in [0.05, 0.1) is 11.7 Å². The number of hydrogen-bond acceptors (Lipinski definition) is 5. The van der Waals surface area contributed by atoms with Gasteiger partial charge in [0.25, 0.3) is 0 Å². The van der Waals surface area contributed by atoms with Crippen LogP contribution >= 0.6 is 0 Å². The van der Waals surface area contributed by atoms with Gasteiger partial charge in [-0.25, -0.2) is 12.7 Å². The number of sulfonamides is 1. The molecule has 108 valence electrons. The van der Waals surface area contributed by atoms with Crippen LogP contribution in [0.4, 0.5) is 0 Å². The fourth-order valence-electron chi connectivity index (χ4n) is 2.23. The molecule has 0 spiro atoms. The van der Waals surface area contributed by atoms with Crippen molar-refractivity contribution in [3.8, 4) is 0 Å². The summed E-state index contributed by atoms with van der Waals surface area (Å²) in [4.78, 5) is 4.38. The van der Waals surface area contributed by atoms with Crippen molar-refractivity contribution in [1.82, 2.24) is 14.4 Å². The summed E-state index contributed by atoms with van der Waals surface area (Å²) < 4.78 is 30.6. The molecule has 0 bridgehead atoms. The second-order valence-corrected chi connectivity index (χ2v) is 7.50. The smallest absolute Gasteiger partial charge is 0.231 e. The van der Waals surface area contributed by atoms with Crippen molar-refractivity contribution in [2.75, 3.05) is 18.8 Å². The van der Waals surface area contributed by atoms with Gasteiger partial charge in [0, 0.05) is 19.0 Å². The van der Waals surface area contributed by atoms with Crippen LogP contribution in [-0.2, 0) is 10.0 Å². The number of hydrogen-bond donors (Lipinski definition) is 0. The summed E-state index contributed by atoms with van der Waals surface area (Å²) >= 11 is 0. The van der Waals surface area contributed by atoms with E-state index in [-0.39, 0.29) is 17.6 Å².